The lowest BCUT2D eigenvalue weighted by molar-refractivity contribution is 0.398. The minimum absolute atomic E-state index is 0.406. The highest BCUT2D eigenvalue weighted by Gasteiger charge is 2.16. The second kappa shape index (κ2) is 7.25. The molecule has 1 aromatic carbocycles. The number of nitrogens with zero attached hydrogens (tertiary/aromatic N) is 4. The first-order valence-corrected chi connectivity index (χ1v) is 8.22. The number of aromatic nitrogens is 4. The Bertz CT molecular complexity index is 1060. The zero-order valence-electron chi connectivity index (χ0n) is 14.8. The fraction of sp³-hybridized carbons (Fsp3) is 0.100. The lowest BCUT2D eigenvalue weighted by atomic mass is 10.1. The highest BCUT2D eigenvalue weighted by atomic mass is 16.5. The first-order valence-electron chi connectivity index (χ1n) is 8.22. The van der Waals surface area contributed by atoms with Gasteiger partial charge >= 0.3 is 0 Å². The van der Waals surface area contributed by atoms with Gasteiger partial charge in [0.1, 0.15) is 5.75 Å². The summed E-state index contributed by atoms with van der Waals surface area (Å²) in [4.78, 5) is 13.0. The van der Waals surface area contributed by atoms with E-state index in [2.05, 4.69) is 20.1 Å². The van der Waals surface area contributed by atoms with E-state index in [0.29, 0.717) is 23.2 Å². The summed E-state index contributed by atoms with van der Waals surface area (Å²) in [5.74, 6) is 1.99. The first-order chi connectivity index (χ1) is 13.3. The molecule has 4 rings (SSSR count). The van der Waals surface area contributed by atoms with Crippen molar-refractivity contribution in [3.05, 3.63) is 60.9 Å². The van der Waals surface area contributed by atoms with Crippen LogP contribution in [-0.4, -0.2) is 34.3 Å². The third kappa shape index (κ3) is 3.35. The van der Waals surface area contributed by atoms with Crippen molar-refractivity contribution in [1.82, 2.24) is 20.1 Å². The van der Waals surface area contributed by atoms with Crippen LogP contribution in [0.3, 0.4) is 0 Å². The maximum absolute atomic E-state index is 5.46. The van der Waals surface area contributed by atoms with Crippen LogP contribution in [0.4, 0.5) is 0 Å². The van der Waals surface area contributed by atoms with Crippen molar-refractivity contribution >= 4 is 0 Å². The second-order valence-corrected chi connectivity index (χ2v) is 5.64. The Hall–Kier alpha value is -3.74. The first kappa shape index (κ1) is 16.7. The van der Waals surface area contributed by atoms with Crippen molar-refractivity contribution in [1.29, 1.82) is 0 Å². The predicted molar refractivity (Wildman–Crippen MR) is 99.3 cm³/mol. The van der Waals surface area contributed by atoms with Gasteiger partial charge in [-0.25, -0.2) is 4.98 Å². The van der Waals surface area contributed by atoms with Crippen molar-refractivity contribution in [2.24, 2.45) is 0 Å². The molecule has 4 aromatic rings. The maximum atomic E-state index is 5.46. The molecule has 0 bridgehead atoms. The monoisotopic (exact) mass is 360 g/mol. The van der Waals surface area contributed by atoms with Gasteiger partial charge in [0, 0.05) is 23.5 Å². The van der Waals surface area contributed by atoms with E-state index < -0.39 is 0 Å². The molecule has 0 aliphatic rings. The van der Waals surface area contributed by atoms with Gasteiger partial charge in [-0.15, -0.1) is 0 Å². The fourth-order valence-electron chi connectivity index (χ4n) is 2.65. The fourth-order valence-corrected chi connectivity index (χ4v) is 2.65. The molecule has 134 valence electrons. The molecule has 0 spiro atoms. The van der Waals surface area contributed by atoms with Gasteiger partial charge in [0.05, 0.1) is 25.5 Å². The van der Waals surface area contributed by atoms with Gasteiger partial charge in [-0.3, -0.25) is 4.98 Å². The van der Waals surface area contributed by atoms with Crippen LogP contribution < -0.4 is 9.47 Å². The molecule has 27 heavy (non-hydrogen) atoms. The average Bonchev–Trinajstić information content (AvgIpc) is 3.24. The Morgan fingerprint density at radius 1 is 0.852 bits per heavy atom. The van der Waals surface area contributed by atoms with E-state index in [0.717, 1.165) is 22.6 Å². The van der Waals surface area contributed by atoms with E-state index in [9.17, 15) is 0 Å². The molecule has 0 saturated heterocycles. The van der Waals surface area contributed by atoms with Crippen molar-refractivity contribution < 1.29 is 14.0 Å². The molecule has 0 aliphatic heterocycles. The summed E-state index contributed by atoms with van der Waals surface area (Å²) >= 11 is 0. The minimum Gasteiger partial charge on any atom is -0.497 e. The van der Waals surface area contributed by atoms with Gasteiger partial charge in [-0.2, -0.15) is 4.98 Å². The van der Waals surface area contributed by atoms with Crippen molar-refractivity contribution in [3.8, 4) is 45.7 Å². The van der Waals surface area contributed by atoms with Crippen LogP contribution in [0.2, 0.25) is 0 Å². The summed E-state index contributed by atoms with van der Waals surface area (Å²) in [6.45, 7) is 0. The van der Waals surface area contributed by atoms with Crippen LogP contribution in [0.1, 0.15) is 0 Å². The molecule has 3 aromatic heterocycles. The van der Waals surface area contributed by atoms with Crippen LogP contribution in [0.5, 0.6) is 11.6 Å². The Labute approximate surface area is 155 Å². The molecule has 7 nitrogen and oxygen atoms in total. The van der Waals surface area contributed by atoms with Crippen LogP contribution in [-0.2, 0) is 0 Å². The number of ether oxygens (including phenoxy) is 2. The number of hydrogen-bond acceptors (Lipinski definition) is 7. The number of pyridine rings is 2. The maximum Gasteiger partial charge on any atom is 0.258 e. The van der Waals surface area contributed by atoms with E-state index in [4.69, 9.17) is 14.0 Å². The Morgan fingerprint density at radius 2 is 1.70 bits per heavy atom. The summed E-state index contributed by atoms with van der Waals surface area (Å²) in [6.07, 6.45) is 3.34. The molecule has 0 saturated carbocycles. The summed E-state index contributed by atoms with van der Waals surface area (Å²) in [7, 11) is 3.19. The Kier molecular flexibility index (Phi) is 4.49. The summed E-state index contributed by atoms with van der Waals surface area (Å²) in [5, 5.41) is 4.05. The molecular formula is C20H16N4O3. The molecule has 0 radical (unpaired) electrons. The van der Waals surface area contributed by atoms with Gasteiger partial charge in [-0.05, 0) is 36.4 Å². The molecule has 0 N–H and O–H groups in total. The summed E-state index contributed by atoms with van der Waals surface area (Å²) in [6, 6.07) is 15.0. The van der Waals surface area contributed by atoms with Crippen LogP contribution in [0.25, 0.3) is 34.1 Å². The third-order valence-corrected chi connectivity index (χ3v) is 4.01. The lowest BCUT2D eigenvalue weighted by Gasteiger charge is -2.08. The van der Waals surface area contributed by atoms with E-state index >= 15 is 0 Å². The highest BCUT2D eigenvalue weighted by molar-refractivity contribution is 5.69. The third-order valence-electron chi connectivity index (χ3n) is 4.01. The number of hydrogen-bond donors (Lipinski definition) is 0. The van der Waals surface area contributed by atoms with E-state index in [1.165, 1.54) is 0 Å². The second-order valence-electron chi connectivity index (χ2n) is 5.64. The number of methoxy groups -OCH3 is 2. The van der Waals surface area contributed by atoms with E-state index in [1.807, 2.05) is 36.4 Å². The molecule has 0 unspecified atom stereocenters. The zero-order chi connectivity index (χ0) is 18.6. The molecule has 0 fully saturated rings. The van der Waals surface area contributed by atoms with E-state index in [1.54, 1.807) is 38.7 Å². The molecule has 7 heteroatoms. The van der Waals surface area contributed by atoms with Gasteiger partial charge in [0.2, 0.25) is 11.7 Å². The Morgan fingerprint density at radius 3 is 2.48 bits per heavy atom. The molecule has 0 aliphatic carbocycles. The minimum atomic E-state index is 0.406. The number of rotatable bonds is 5. The van der Waals surface area contributed by atoms with Gasteiger partial charge in [-0.1, -0.05) is 17.3 Å². The summed E-state index contributed by atoms with van der Waals surface area (Å²) < 4.78 is 16.1. The normalized spacial score (nSPS) is 10.6. The summed E-state index contributed by atoms with van der Waals surface area (Å²) in [5.41, 5.74) is 3.12. The van der Waals surface area contributed by atoms with Crippen LogP contribution >= 0.6 is 0 Å². The molecule has 3 heterocycles. The van der Waals surface area contributed by atoms with Gasteiger partial charge in [0.25, 0.3) is 5.89 Å². The standard InChI is InChI=1S/C20H16N4O3/c1-25-15-5-3-4-14(12-15)17-7-6-16(20(22-17)26-2)18-23-19(27-24-18)13-8-10-21-11-9-13/h3-12H,1-2H3. The SMILES string of the molecule is COc1cccc(-c2ccc(-c3noc(-c4ccncc4)n3)c(OC)n2)c1. The average molecular weight is 360 g/mol. The zero-order valence-corrected chi connectivity index (χ0v) is 14.8. The number of benzene rings is 1. The largest absolute Gasteiger partial charge is 0.497 e. The Balaban J connectivity index is 1.71. The van der Waals surface area contributed by atoms with Gasteiger partial charge in [0.15, 0.2) is 0 Å². The van der Waals surface area contributed by atoms with Crippen LogP contribution in [0.15, 0.2) is 65.4 Å². The predicted octanol–water partition coefficient (Wildman–Crippen LogP) is 3.88. The van der Waals surface area contributed by atoms with Crippen molar-refractivity contribution in [2.75, 3.05) is 14.2 Å². The van der Waals surface area contributed by atoms with Crippen molar-refractivity contribution in [3.63, 3.8) is 0 Å². The molecular weight excluding hydrogens is 344 g/mol. The smallest absolute Gasteiger partial charge is 0.258 e. The van der Waals surface area contributed by atoms with E-state index in [-0.39, 0.29) is 0 Å². The highest BCUT2D eigenvalue weighted by Crippen LogP contribution is 2.31. The van der Waals surface area contributed by atoms with Crippen molar-refractivity contribution in [2.45, 2.75) is 0 Å². The lowest BCUT2D eigenvalue weighted by Crippen LogP contribution is -1.95. The molecule has 0 amide bonds. The topological polar surface area (TPSA) is 83.2 Å². The molecule has 0 atom stereocenters. The van der Waals surface area contributed by atoms with Crippen LogP contribution in [0, 0.1) is 0 Å². The quantitative estimate of drug-likeness (QED) is 0.534. The van der Waals surface area contributed by atoms with Gasteiger partial charge < -0.3 is 14.0 Å².